The fraction of sp³-hybridized carbons (Fsp3) is 0.458. The maximum absolute atomic E-state index is 13.5. The number of fused-ring (bicyclic) bond motifs is 3. The number of ether oxygens (including phenoxy) is 2. The Hall–Kier alpha value is -3.12. The van der Waals surface area contributed by atoms with Crippen LogP contribution in [0.2, 0.25) is 5.02 Å². The van der Waals surface area contributed by atoms with Crippen LogP contribution in [0, 0.1) is 5.82 Å². The molecule has 3 aliphatic carbocycles. The van der Waals surface area contributed by atoms with Gasteiger partial charge in [-0.25, -0.2) is 4.39 Å². The minimum absolute atomic E-state index is 0.0656. The van der Waals surface area contributed by atoms with E-state index in [4.69, 9.17) is 21.1 Å². The number of aliphatic hydroxyl groups excluding tert-OH is 1. The molecule has 3 saturated carbocycles. The monoisotopic (exact) mass is 545 g/mol. The molecule has 0 radical (unpaired) electrons. The Morgan fingerprint density at radius 3 is 2.24 bits per heavy atom. The van der Waals surface area contributed by atoms with E-state index in [0.717, 1.165) is 12.3 Å². The molecule has 1 aromatic carbocycles. The van der Waals surface area contributed by atoms with Crippen molar-refractivity contribution in [2.24, 2.45) is 0 Å². The van der Waals surface area contributed by atoms with Gasteiger partial charge in [-0.15, -0.1) is 0 Å². The Morgan fingerprint density at radius 2 is 1.65 bits per heavy atom. The number of hydrogen-bond donors (Lipinski definition) is 3. The van der Waals surface area contributed by atoms with Gasteiger partial charge < -0.3 is 25.2 Å². The molecule has 1 atom stereocenters. The number of carbonyl (C=O) groups excluding carboxylic acids is 2. The molecule has 3 N–H and O–H groups in total. The first kappa shape index (κ1) is 26.9. The second-order valence-corrected chi connectivity index (χ2v) is 9.69. The average molecular weight is 546 g/mol. The molecule has 3 aliphatic rings. The van der Waals surface area contributed by atoms with Gasteiger partial charge in [0.2, 0.25) is 0 Å². The van der Waals surface area contributed by atoms with Crippen LogP contribution < -0.4 is 20.1 Å². The molecule has 1 heterocycles. The van der Waals surface area contributed by atoms with Gasteiger partial charge in [0, 0.05) is 23.9 Å². The number of aliphatic hydroxyl groups is 1. The highest BCUT2D eigenvalue weighted by atomic mass is 35.5. The number of pyridine rings is 1. The molecular formula is C24H24ClF4N3O5. The summed E-state index contributed by atoms with van der Waals surface area (Å²) in [6.07, 6.45) is -2.78. The van der Waals surface area contributed by atoms with Gasteiger partial charge in [0.05, 0.1) is 16.7 Å². The van der Waals surface area contributed by atoms with Crippen molar-refractivity contribution in [3.63, 3.8) is 0 Å². The maximum Gasteiger partial charge on any atom is 0.433 e. The molecule has 37 heavy (non-hydrogen) atoms. The summed E-state index contributed by atoms with van der Waals surface area (Å²) < 4.78 is 62.5. The second-order valence-electron chi connectivity index (χ2n) is 9.28. The highest BCUT2D eigenvalue weighted by Gasteiger charge is 2.55. The Kier molecular flexibility index (Phi) is 7.52. The summed E-state index contributed by atoms with van der Waals surface area (Å²) in [5.74, 6) is -1.71. The van der Waals surface area contributed by atoms with E-state index in [2.05, 4.69) is 15.6 Å². The van der Waals surface area contributed by atoms with E-state index in [1.54, 1.807) is 0 Å². The van der Waals surface area contributed by atoms with Crippen LogP contribution in [-0.2, 0) is 15.8 Å². The van der Waals surface area contributed by atoms with Crippen molar-refractivity contribution < 1.29 is 41.7 Å². The van der Waals surface area contributed by atoms with E-state index in [-0.39, 0.29) is 29.5 Å². The van der Waals surface area contributed by atoms with Gasteiger partial charge in [-0.05, 0) is 50.3 Å². The van der Waals surface area contributed by atoms with Crippen molar-refractivity contribution in [3.8, 4) is 11.5 Å². The number of aromatic nitrogens is 1. The lowest BCUT2D eigenvalue weighted by molar-refractivity contribution is -0.141. The zero-order valence-electron chi connectivity index (χ0n) is 19.4. The number of alkyl halides is 3. The smallest absolute Gasteiger partial charge is 0.433 e. The molecule has 13 heteroatoms. The van der Waals surface area contributed by atoms with Gasteiger partial charge in [-0.1, -0.05) is 11.6 Å². The first-order valence-electron chi connectivity index (χ1n) is 11.4. The lowest BCUT2D eigenvalue weighted by atomic mass is 9.60. The molecule has 8 nitrogen and oxygen atoms in total. The van der Waals surface area contributed by atoms with Crippen LogP contribution in [-0.4, -0.2) is 52.3 Å². The molecule has 0 saturated heterocycles. The van der Waals surface area contributed by atoms with Crippen molar-refractivity contribution in [1.29, 1.82) is 0 Å². The first-order chi connectivity index (χ1) is 17.4. The van der Waals surface area contributed by atoms with Gasteiger partial charge in [-0.3, -0.25) is 14.6 Å². The number of nitrogens with one attached hydrogen (secondary N) is 2. The Labute approximate surface area is 214 Å². The van der Waals surface area contributed by atoms with Gasteiger partial charge >= 0.3 is 6.18 Å². The molecule has 200 valence electrons. The molecule has 5 rings (SSSR count). The fourth-order valence-electron chi connectivity index (χ4n) is 4.83. The van der Waals surface area contributed by atoms with Crippen molar-refractivity contribution >= 4 is 23.4 Å². The SMILES string of the molecule is O=C(COc1ccc(Cl)c(F)c1)NC12CCC(NC(=O)COc3ccnc(C(F)(F)F)c3)(CC1)C(O)C2. The number of nitrogens with zero attached hydrogens (tertiary/aromatic N) is 1. The largest absolute Gasteiger partial charge is 0.484 e. The predicted molar refractivity (Wildman–Crippen MR) is 122 cm³/mol. The maximum atomic E-state index is 13.5. The standard InChI is InChI=1S/C24H24ClF4N3O5/c25-16-2-1-14(9-17(16)26)36-12-20(34)31-22-4-6-23(7-5-22,19(33)11-22)32-21(35)13-37-15-3-8-30-18(10-15)24(27,28)29/h1-3,8-10,19,33H,4-7,11-13H2,(H,31,34)(H,32,35). The average Bonchev–Trinajstić information content (AvgIpc) is 2.84. The van der Waals surface area contributed by atoms with Crippen LogP contribution in [0.15, 0.2) is 36.5 Å². The van der Waals surface area contributed by atoms with E-state index in [1.165, 1.54) is 18.2 Å². The van der Waals surface area contributed by atoms with E-state index < -0.39 is 53.3 Å². The Balaban J connectivity index is 1.28. The number of carbonyl (C=O) groups is 2. The lowest BCUT2D eigenvalue weighted by Crippen LogP contribution is -2.70. The third kappa shape index (κ3) is 6.24. The van der Waals surface area contributed by atoms with Crippen LogP contribution in [0.25, 0.3) is 0 Å². The van der Waals surface area contributed by atoms with Crippen LogP contribution in [0.5, 0.6) is 11.5 Å². The third-order valence-corrected chi connectivity index (χ3v) is 7.07. The minimum Gasteiger partial charge on any atom is -0.484 e. The molecule has 2 aromatic rings. The van der Waals surface area contributed by atoms with Crippen LogP contribution in [0.1, 0.15) is 37.8 Å². The van der Waals surface area contributed by atoms with Crippen molar-refractivity contribution in [2.45, 2.75) is 55.5 Å². The first-order valence-corrected chi connectivity index (χ1v) is 11.8. The number of benzene rings is 1. The highest BCUT2D eigenvalue weighted by molar-refractivity contribution is 6.30. The normalized spacial score (nSPS) is 24.9. The van der Waals surface area contributed by atoms with Crippen molar-refractivity contribution in [2.75, 3.05) is 13.2 Å². The summed E-state index contributed by atoms with van der Waals surface area (Å²) in [5, 5.41) is 16.4. The zero-order chi connectivity index (χ0) is 26.8. The van der Waals surface area contributed by atoms with Gasteiger partial charge in [0.25, 0.3) is 11.8 Å². The molecule has 3 fully saturated rings. The van der Waals surface area contributed by atoms with Crippen molar-refractivity contribution in [1.82, 2.24) is 15.6 Å². The third-order valence-electron chi connectivity index (χ3n) is 6.77. The van der Waals surface area contributed by atoms with E-state index in [9.17, 15) is 32.3 Å². The molecule has 1 unspecified atom stereocenters. The molecule has 1 aromatic heterocycles. The zero-order valence-corrected chi connectivity index (χ0v) is 20.2. The Morgan fingerprint density at radius 1 is 1.03 bits per heavy atom. The predicted octanol–water partition coefficient (Wildman–Crippen LogP) is 3.40. The van der Waals surface area contributed by atoms with Crippen LogP contribution >= 0.6 is 11.6 Å². The molecule has 2 bridgehead atoms. The molecule has 0 aliphatic heterocycles. The van der Waals surface area contributed by atoms with Gasteiger partial charge in [0.15, 0.2) is 13.2 Å². The van der Waals surface area contributed by atoms with Gasteiger partial charge in [0.1, 0.15) is 23.0 Å². The summed E-state index contributed by atoms with van der Waals surface area (Å²) in [6.45, 7) is -0.899. The highest BCUT2D eigenvalue weighted by Crippen LogP contribution is 2.47. The molecular weight excluding hydrogens is 522 g/mol. The van der Waals surface area contributed by atoms with E-state index in [0.29, 0.717) is 31.7 Å². The van der Waals surface area contributed by atoms with E-state index >= 15 is 0 Å². The summed E-state index contributed by atoms with van der Waals surface area (Å²) in [4.78, 5) is 28.2. The fourth-order valence-corrected chi connectivity index (χ4v) is 4.95. The van der Waals surface area contributed by atoms with Crippen molar-refractivity contribution in [3.05, 3.63) is 53.1 Å². The quantitative estimate of drug-likeness (QED) is 0.439. The number of hydrogen-bond acceptors (Lipinski definition) is 6. The number of rotatable bonds is 8. The minimum atomic E-state index is -4.64. The Bertz CT molecular complexity index is 1170. The topological polar surface area (TPSA) is 110 Å². The molecule has 2 amide bonds. The molecule has 0 spiro atoms. The summed E-state index contributed by atoms with van der Waals surface area (Å²) >= 11 is 5.63. The summed E-state index contributed by atoms with van der Waals surface area (Å²) in [6, 6.07) is 5.74. The summed E-state index contributed by atoms with van der Waals surface area (Å²) in [7, 11) is 0. The van der Waals surface area contributed by atoms with Crippen LogP contribution in [0.4, 0.5) is 17.6 Å². The summed E-state index contributed by atoms with van der Waals surface area (Å²) in [5.41, 5.74) is -2.75. The lowest BCUT2D eigenvalue weighted by Gasteiger charge is -2.56. The number of amides is 2. The second kappa shape index (κ2) is 10.3. The van der Waals surface area contributed by atoms with Crippen LogP contribution in [0.3, 0.4) is 0 Å². The van der Waals surface area contributed by atoms with Gasteiger partial charge in [-0.2, -0.15) is 13.2 Å². The number of halogens is 5. The van der Waals surface area contributed by atoms with E-state index in [1.807, 2.05) is 0 Å².